The fourth-order valence-electron chi connectivity index (χ4n) is 9.12. The zero-order valence-corrected chi connectivity index (χ0v) is 39.4. The van der Waals surface area contributed by atoms with Crippen LogP contribution in [-0.2, 0) is 95.9 Å². The highest BCUT2D eigenvalue weighted by atomic mass is 16.7. The van der Waals surface area contributed by atoms with Gasteiger partial charge in [0.15, 0.2) is 48.8 Å². The van der Waals surface area contributed by atoms with Crippen LogP contribution < -0.4 is 0 Å². The summed E-state index contributed by atoms with van der Waals surface area (Å²) < 4.78 is 62.2. The first-order valence-corrected chi connectivity index (χ1v) is 22.3. The average molecular weight is 959 g/mol. The van der Waals surface area contributed by atoms with Crippen molar-refractivity contribution in [2.45, 2.75) is 141 Å². The molecule has 2 aromatic carbocycles. The highest BCUT2D eigenvalue weighted by molar-refractivity contribution is 5.83. The second kappa shape index (κ2) is 22.5. The number of hydrogen-bond donors (Lipinski definition) is 0. The molecule has 2 aromatic rings. The number of fused-ring (bicyclic) bond motifs is 5. The van der Waals surface area contributed by atoms with Crippen molar-refractivity contribution in [2.75, 3.05) is 26.4 Å². The lowest BCUT2D eigenvalue weighted by Gasteiger charge is -2.43. The first-order valence-electron chi connectivity index (χ1n) is 22.3. The second-order valence-corrected chi connectivity index (χ2v) is 16.8. The van der Waals surface area contributed by atoms with Gasteiger partial charge in [-0.15, -0.1) is 0 Å². The van der Waals surface area contributed by atoms with Crippen molar-refractivity contribution in [3.05, 3.63) is 58.7 Å². The topological polar surface area (TPSA) is 238 Å². The Morgan fingerprint density at radius 3 is 1.32 bits per heavy atom. The molecule has 0 radical (unpaired) electrons. The molecule has 3 fully saturated rings. The smallest absolute Gasteiger partial charge is 0.303 e. The summed E-state index contributed by atoms with van der Waals surface area (Å²) >= 11 is 0. The molecule has 1 aliphatic carbocycles. The number of benzene rings is 2. The van der Waals surface area contributed by atoms with Gasteiger partial charge in [-0.3, -0.25) is 38.4 Å². The van der Waals surface area contributed by atoms with Gasteiger partial charge in [0.1, 0.15) is 18.8 Å². The molecule has 3 aliphatic heterocycles. The van der Waals surface area contributed by atoms with Crippen LogP contribution in [0.25, 0.3) is 11.1 Å². The van der Waals surface area contributed by atoms with Gasteiger partial charge in [-0.05, 0) is 59.4 Å². The predicted molar refractivity (Wildman–Crippen MR) is 235 cm³/mol. The minimum Gasteiger partial charge on any atom is -0.466 e. The quantitative estimate of drug-likeness (QED) is 0.179. The lowest BCUT2D eigenvalue weighted by atomic mass is 9.72. The monoisotopic (exact) mass is 958 g/mol. The van der Waals surface area contributed by atoms with E-state index in [-0.39, 0.29) is 13.0 Å². The molecular weight excluding hydrogens is 905 g/mol. The largest absolute Gasteiger partial charge is 0.466 e. The molecule has 69 heavy (non-hydrogen) atoms. The van der Waals surface area contributed by atoms with Gasteiger partial charge < -0.3 is 52.1 Å². The summed E-state index contributed by atoms with van der Waals surface area (Å²) in [5.41, 5.74) is 4.44. The van der Waals surface area contributed by atoms with Gasteiger partial charge >= 0.3 is 47.8 Å². The van der Waals surface area contributed by atoms with E-state index in [2.05, 4.69) is 23.7 Å². The third-order valence-electron chi connectivity index (χ3n) is 11.7. The fraction of sp³-hybridized carbons (Fsp3) is 0.520. The number of esters is 8. The highest BCUT2D eigenvalue weighted by Crippen LogP contribution is 2.54. The summed E-state index contributed by atoms with van der Waals surface area (Å²) in [6.45, 7) is 9.73. The SMILES string of the molecule is CC(=O)OCC[C@H]1O[C@H](C#Cc2ccc3c(c2)C2(CCOCC2)c2cc(C#C[C@H]4O[C@H](COC(C)=O)[C@@H](OC(C)=O)[C@H](OC(C)=O)[C@@H]4OC(C)=O)ccc2-3)[C@@H](OC(C)=O)[C@@H](OC(C)=O)[C@@H]1OC(C)=O. The van der Waals surface area contributed by atoms with Gasteiger partial charge in [0.25, 0.3) is 0 Å². The molecule has 1 spiro atoms. The summed E-state index contributed by atoms with van der Waals surface area (Å²) in [7, 11) is 0. The first kappa shape index (κ1) is 51.6. The van der Waals surface area contributed by atoms with E-state index < -0.39 is 121 Å². The van der Waals surface area contributed by atoms with E-state index in [9.17, 15) is 38.4 Å². The normalized spacial score (nSPS) is 26.1. The Labute approximate surface area is 398 Å². The number of carbonyl (C=O) groups is 8. The van der Waals surface area contributed by atoms with E-state index in [0.29, 0.717) is 37.2 Å². The van der Waals surface area contributed by atoms with Crippen LogP contribution in [0.15, 0.2) is 36.4 Å². The maximum atomic E-state index is 12.5. The van der Waals surface area contributed by atoms with Gasteiger partial charge in [0.2, 0.25) is 0 Å². The summed E-state index contributed by atoms with van der Waals surface area (Å²) in [5, 5.41) is 0. The predicted octanol–water partition coefficient (Wildman–Crippen LogP) is 3.11. The van der Waals surface area contributed by atoms with Crippen LogP contribution in [0.3, 0.4) is 0 Å². The lowest BCUT2D eigenvalue weighted by molar-refractivity contribution is -0.242. The summed E-state index contributed by atoms with van der Waals surface area (Å²) in [6.07, 6.45) is -11.3. The molecule has 10 atom stereocenters. The summed E-state index contributed by atoms with van der Waals surface area (Å²) in [6, 6.07) is 11.5. The molecule has 3 saturated heterocycles. The molecule has 19 nitrogen and oxygen atoms in total. The summed E-state index contributed by atoms with van der Waals surface area (Å²) in [4.78, 5) is 97.6. The number of ether oxygens (including phenoxy) is 11. The standard InChI is InChI=1S/C50H54O19/c1-26(51)60-20-17-42-46(64-30(5)55)48(66-32(7)57)44(62-28(3)53)40(68-42)15-11-34-9-13-36-37-14-10-35(24-39(37)50(38(36)23-34)18-21-59-22-19-50)12-16-41-45(63-29(4)54)49(67-33(8)58)47(65-31(6)56)43(69-41)25-61-27(2)52/h9-10,13-14,23-24,40-49H,17-22,25H2,1-8H3/t40-,41-,42-,43-,44-,45-,46-,47-,48-,49-/m1/s1. The van der Waals surface area contributed by atoms with Crippen LogP contribution in [0.1, 0.15) is 96.9 Å². The molecule has 0 aromatic heterocycles. The Kier molecular flexibility index (Phi) is 16.9. The van der Waals surface area contributed by atoms with Crippen LogP contribution in [0.4, 0.5) is 0 Å². The van der Waals surface area contributed by atoms with Crippen LogP contribution in [0.5, 0.6) is 0 Å². The third-order valence-corrected chi connectivity index (χ3v) is 11.7. The van der Waals surface area contributed by atoms with Crippen LogP contribution in [0.2, 0.25) is 0 Å². The van der Waals surface area contributed by atoms with E-state index in [1.54, 1.807) is 0 Å². The van der Waals surface area contributed by atoms with E-state index in [1.165, 1.54) is 27.7 Å². The van der Waals surface area contributed by atoms with E-state index in [1.807, 2.05) is 36.4 Å². The van der Waals surface area contributed by atoms with Crippen LogP contribution >= 0.6 is 0 Å². The Morgan fingerprint density at radius 2 is 0.899 bits per heavy atom. The van der Waals surface area contributed by atoms with Crippen molar-refractivity contribution in [3.8, 4) is 34.8 Å². The van der Waals surface area contributed by atoms with Crippen molar-refractivity contribution < 1.29 is 90.5 Å². The minimum atomic E-state index is -1.37. The molecule has 6 rings (SSSR count). The van der Waals surface area contributed by atoms with Crippen molar-refractivity contribution in [3.63, 3.8) is 0 Å². The molecule has 4 aliphatic rings. The Hall–Kier alpha value is -6.80. The molecule has 0 bridgehead atoms. The van der Waals surface area contributed by atoms with Crippen molar-refractivity contribution in [2.24, 2.45) is 0 Å². The zero-order valence-electron chi connectivity index (χ0n) is 39.4. The minimum absolute atomic E-state index is 0.0245. The van der Waals surface area contributed by atoms with Crippen LogP contribution in [0, 0.1) is 23.7 Å². The zero-order chi connectivity index (χ0) is 50.2. The van der Waals surface area contributed by atoms with Gasteiger partial charge in [0, 0.05) is 91.6 Å². The number of rotatable bonds is 11. The average Bonchev–Trinajstić information content (AvgIpc) is 3.51. The van der Waals surface area contributed by atoms with Gasteiger partial charge in [0.05, 0.1) is 6.61 Å². The van der Waals surface area contributed by atoms with Gasteiger partial charge in [-0.1, -0.05) is 35.8 Å². The Balaban J connectivity index is 1.36. The highest BCUT2D eigenvalue weighted by Gasteiger charge is 2.53. The molecule has 0 saturated carbocycles. The van der Waals surface area contributed by atoms with Crippen molar-refractivity contribution >= 4 is 47.8 Å². The van der Waals surface area contributed by atoms with E-state index >= 15 is 0 Å². The fourth-order valence-corrected chi connectivity index (χ4v) is 9.12. The summed E-state index contributed by atoms with van der Waals surface area (Å²) in [5.74, 6) is 6.75. The maximum Gasteiger partial charge on any atom is 0.303 e. The molecule has 0 unspecified atom stereocenters. The van der Waals surface area contributed by atoms with Gasteiger partial charge in [-0.2, -0.15) is 0 Å². The number of hydrogen-bond acceptors (Lipinski definition) is 19. The Morgan fingerprint density at radius 1 is 0.507 bits per heavy atom. The van der Waals surface area contributed by atoms with Crippen LogP contribution in [-0.4, -0.2) is 135 Å². The molecular formula is C50H54O19. The van der Waals surface area contributed by atoms with Gasteiger partial charge in [-0.25, -0.2) is 0 Å². The Bertz CT molecular complexity index is 2460. The molecule has 19 heteroatoms. The first-order chi connectivity index (χ1) is 32.8. The lowest BCUT2D eigenvalue weighted by Crippen LogP contribution is -2.62. The van der Waals surface area contributed by atoms with Crippen molar-refractivity contribution in [1.29, 1.82) is 0 Å². The molecule has 0 amide bonds. The van der Waals surface area contributed by atoms with E-state index in [4.69, 9.17) is 52.1 Å². The maximum absolute atomic E-state index is 12.5. The molecule has 0 N–H and O–H groups in total. The molecule has 3 heterocycles. The second-order valence-electron chi connectivity index (χ2n) is 16.8. The molecule has 368 valence electrons. The number of carbonyl (C=O) groups excluding carboxylic acids is 8. The van der Waals surface area contributed by atoms with E-state index in [0.717, 1.165) is 49.9 Å². The third kappa shape index (κ3) is 12.7. The van der Waals surface area contributed by atoms with Crippen molar-refractivity contribution in [1.82, 2.24) is 0 Å².